The molecule has 0 amide bonds. The number of non-ortho nitro benzene ring substituents is 1. The van der Waals surface area contributed by atoms with Gasteiger partial charge >= 0.3 is 0 Å². The molecule has 6 heteroatoms. The van der Waals surface area contributed by atoms with Gasteiger partial charge in [0.2, 0.25) is 0 Å². The van der Waals surface area contributed by atoms with Gasteiger partial charge < -0.3 is 15.4 Å². The molecule has 0 saturated carbocycles. The molecule has 0 aromatic heterocycles. The minimum absolute atomic E-state index is 0.0655. The number of nitro benzene ring substituents is 1. The van der Waals surface area contributed by atoms with Gasteiger partial charge in [0.25, 0.3) is 5.69 Å². The number of nitrogens with one attached hydrogen (secondary N) is 2. The van der Waals surface area contributed by atoms with Crippen LogP contribution in [0.1, 0.15) is 6.92 Å². The van der Waals surface area contributed by atoms with Gasteiger partial charge in [-0.25, -0.2) is 0 Å². The highest BCUT2D eigenvalue weighted by molar-refractivity contribution is 5.63. The number of hydrogen-bond acceptors (Lipinski definition) is 5. The van der Waals surface area contributed by atoms with E-state index < -0.39 is 4.92 Å². The van der Waals surface area contributed by atoms with Gasteiger partial charge in [0, 0.05) is 43.7 Å². The van der Waals surface area contributed by atoms with E-state index in [2.05, 4.69) is 10.6 Å². The molecule has 0 radical (unpaired) electrons. The summed E-state index contributed by atoms with van der Waals surface area (Å²) in [4.78, 5) is 10.3. The van der Waals surface area contributed by atoms with Crippen LogP contribution in [0.4, 0.5) is 17.1 Å². The van der Waals surface area contributed by atoms with Crippen LogP contribution in [0.25, 0.3) is 0 Å². The zero-order chi connectivity index (χ0) is 12.7. The van der Waals surface area contributed by atoms with Gasteiger partial charge in [0.05, 0.1) is 11.5 Å². The van der Waals surface area contributed by atoms with Crippen molar-refractivity contribution < 1.29 is 9.66 Å². The van der Waals surface area contributed by atoms with Gasteiger partial charge in [-0.05, 0) is 13.0 Å². The SMILES string of the molecule is CCOCCNc1cc(NC)cc([N+](=O)[O-])c1. The molecular weight excluding hydrogens is 222 g/mol. The summed E-state index contributed by atoms with van der Waals surface area (Å²) in [5.74, 6) is 0. The van der Waals surface area contributed by atoms with Crippen LogP contribution >= 0.6 is 0 Å². The van der Waals surface area contributed by atoms with Crippen LogP contribution in [0.5, 0.6) is 0 Å². The van der Waals surface area contributed by atoms with Crippen molar-refractivity contribution in [2.24, 2.45) is 0 Å². The second-order valence-electron chi connectivity index (χ2n) is 3.40. The van der Waals surface area contributed by atoms with Crippen LogP contribution < -0.4 is 10.6 Å². The van der Waals surface area contributed by atoms with E-state index >= 15 is 0 Å². The minimum Gasteiger partial charge on any atom is -0.388 e. The van der Waals surface area contributed by atoms with Crippen molar-refractivity contribution in [1.82, 2.24) is 0 Å². The number of ether oxygens (including phenoxy) is 1. The van der Waals surface area contributed by atoms with Gasteiger partial charge in [-0.1, -0.05) is 0 Å². The lowest BCUT2D eigenvalue weighted by molar-refractivity contribution is -0.384. The standard InChI is InChI=1S/C11H17N3O3/c1-3-17-5-4-13-10-6-9(12-2)7-11(8-10)14(15)16/h6-8,12-13H,3-5H2,1-2H3. The predicted octanol–water partition coefficient (Wildman–Crippen LogP) is 2.08. The highest BCUT2D eigenvalue weighted by Gasteiger charge is 2.08. The van der Waals surface area contributed by atoms with E-state index in [9.17, 15) is 10.1 Å². The summed E-state index contributed by atoms with van der Waals surface area (Å²) >= 11 is 0. The van der Waals surface area contributed by atoms with Crippen LogP contribution in [0, 0.1) is 10.1 Å². The van der Waals surface area contributed by atoms with E-state index in [0.717, 1.165) is 0 Å². The van der Waals surface area contributed by atoms with E-state index in [4.69, 9.17) is 4.74 Å². The van der Waals surface area contributed by atoms with Crippen molar-refractivity contribution in [1.29, 1.82) is 0 Å². The maximum Gasteiger partial charge on any atom is 0.273 e. The minimum atomic E-state index is -0.408. The molecule has 0 saturated heterocycles. The molecule has 17 heavy (non-hydrogen) atoms. The Morgan fingerprint density at radius 1 is 1.35 bits per heavy atom. The van der Waals surface area contributed by atoms with Crippen LogP contribution in [0.3, 0.4) is 0 Å². The van der Waals surface area contributed by atoms with Crippen LogP contribution in [0.2, 0.25) is 0 Å². The number of nitrogens with zero attached hydrogens (tertiary/aromatic N) is 1. The molecule has 2 N–H and O–H groups in total. The quantitative estimate of drug-likeness (QED) is 0.433. The van der Waals surface area contributed by atoms with Gasteiger partial charge in [-0.3, -0.25) is 10.1 Å². The van der Waals surface area contributed by atoms with Crippen molar-refractivity contribution in [2.75, 3.05) is 37.4 Å². The predicted molar refractivity (Wildman–Crippen MR) is 67.6 cm³/mol. The fourth-order valence-electron chi connectivity index (χ4n) is 1.37. The highest BCUT2D eigenvalue weighted by atomic mass is 16.6. The number of rotatable bonds is 7. The molecule has 6 nitrogen and oxygen atoms in total. The zero-order valence-electron chi connectivity index (χ0n) is 10.0. The first kappa shape index (κ1) is 13.2. The van der Waals surface area contributed by atoms with Gasteiger partial charge in [-0.15, -0.1) is 0 Å². The third-order valence-corrected chi connectivity index (χ3v) is 2.20. The number of anilines is 2. The molecule has 1 aromatic carbocycles. The van der Waals surface area contributed by atoms with Crippen molar-refractivity contribution >= 4 is 17.1 Å². The summed E-state index contributed by atoms with van der Waals surface area (Å²) in [6.45, 7) is 3.79. The Kier molecular flexibility index (Phi) is 5.22. The van der Waals surface area contributed by atoms with Crippen molar-refractivity contribution in [2.45, 2.75) is 6.92 Å². The molecule has 94 valence electrons. The molecule has 0 aliphatic heterocycles. The summed E-state index contributed by atoms with van der Waals surface area (Å²) in [5.41, 5.74) is 1.48. The monoisotopic (exact) mass is 239 g/mol. The second kappa shape index (κ2) is 6.70. The number of hydrogen-bond donors (Lipinski definition) is 2. The summed E-state index contributed by atoms with van der Waals surface area (Å²) in [6, 6.07) is 4.82. The Morgan fingerprint density at radius 2 is 2.06 bits per heavy atom. The van der Waals surface area contributed by atoms with Gasteiger partial charge in [0.1, 0.15) is 0 Å². The summed E-state index contributed by atoms with van der Waals surface area (Å²) in [7, 11) is 1.73. The van der Waals surface area contributed by atoms with Crippen molar-refractivity contribution in [3.63, 3.8) is 0 Å². The molecule has 0 aliphatic rings. The Labute approximate surface area is 100 Å². The zero-order valence-corrected chi connectivity index (χ0v) is 10.0. The largest absolute Gasteiger partial charge is 0.388 e. The molecule has 0 fully saturated rings. The summed E-state index contributed by atoms with van der Waals surface area (Å²) in [5, 5.41) is 16.7. The third kappa shape index (κ3) is 4.28. The summed E-state index contributed by atoms with van der Waals surface area (Å²) < 4.78 is 5.18. The van der Waals surface area contributed by atoms with Gasteiger partial charge in [-0.2, -0.15) is 0 Å². The van der Waals surface area contributed by atoms with Crippen LogP contribution in [-0.4, -0.2) is 31.7 Å². The number of benzene rings is 1. The Morgan fingerprint density at radius 3 is 2.65 bits per heavy atom. The maximum absolute atomic E-state index is 10.7. The molecule has 0 atom stereocenters. The molecule has 0 heterocycles. The van der Waals surface area contributed by atoms with Crippen LogP contribution in [-0.2, 0) is 4.74 Å². The molecule has 1 aromatic rings. The molecular formula is C11H17N3O3. The lowest BCUT2D eigenvalue weighted by Crippen LogP contribution is -2.09. The first-order chi connectivity index (χ1) is 8.17. The highest BCUT2D eigenvalue weighted by Crippen LogP contribution is 2.23. The van der Waals surface area contributed by atoms with E-state index in [-0.39, 0.29) is 5.69 Å². The van der Waals surface area contributed by atoms with Gasteiger partial charge in [0.15, 0.2) is 0 Å². The van der Waals surface area contributed by atoms with E-state index in [0.29, 0.717) is 31.1 Å². The molecule has 0 spiro atoms. The Hall–Kier alpha value is -1.82. The Bertz CT molecular complexity index is 382. The second-order valence-corrected chi connectivity index (χ2v) is 3.40. The first-order valence-electron chi connectivity index (χ1n) is 5.46. The number of nitro groups is 1. The topological polar surface area (TPSA) is 76.4 Å². The third-order valence-electron chi connectivity index (χ3n) is 2.20. The van der Waals surface area contributed by atoms with Crippen LogP contribution in [0.15, 0.2) is 18.2 Å². The smallest absolute Gasteiger partial charge is 0.273 e. The lowest BCUT2D eigenvalue weighted by atomic mass is 10.2. The molecule has 0 bridgehead atoms. The fourth-order valence-corrected chi connectivity index (χ4v) is 1.37. The first-order valence-corrected chi connectivity index (χ1v) is 5.46. The molecule has 0 aliphatic carbocycles. The average Bonchev–Trinajstić information content (AvgIpc) is 2.34. The van der Waals surface area contributed by atoms with E-state index in [1.54, 1.807) is 7.05 Å². The summed E-state index contributed by atoms with van der Waals surface area (Å²) in [6.07, 6.45) is 0. The normalized spacial score (nSPS) is 10.0. The fraction of sp³-hybridized carbons (Fsp3) is 0.455. The average molecular weight is 239 g/mol. The maximum atomic E-state index is 10.7. The van der Waals surface area contributed by atoms with E-state index in [1.807, 2.05) is 13.0 Å². The Balaban J connectivity index is 2.70. The lowest BCUT2D eigenvalue weighted by Gasteiger charge is -2.08. The van der Waals surface area contributed by atoms with Crippen molar-refractivity contribution in [3.05, 3.63) is 28.3 Å². The van der Waals surface area contributed by atoms with Crippen molar-refractivity contribution in [3.8, 4) is 0 Å². The molecule has 1 rings (SSSR count). The molecule has 0 unspecified atom stereocenters. The van der Waals surface area contributed by atoms with E-state index in [1.165, 1.54) is 12.1 Å².